The molecule has 0 radical (unpaired) electrons. The van der Waals surface area contributed by atoms with Crippen LogP contribution in [0.25, 0.3) is 0 Å². The molecule has 0 aromatic heterocycles. The van der Waals surface area contributed by atoms with Crippen molar-refractivity contribution in [1.82, 2.24) is 10.2 Å². The summed E-state index contributed by atoms with van der Waals surface area (Å²) in [6, 6.07) is 0.676. The summed E-state index contributed by atoms with van der Waals surface area (Å²) >= 11 is 0. The van der Waals surface area contributed by atoms with Gasteiger partial charge in [-0.3, -0.25) is 14.5 Å². The van der Waals surface area contributed by atoms with E-state index in [1.54, 1.807) is 0 Å². The number of nitrogens with zero attached hydrogens (tertiary/aromatic N) is 1. The third kappa shape index (κ3) is 3.70. The number of hydrogen-bond donors (Lipinski definition) is 1. The van der Waals surface area contributed by atoms with Crippen molar-refractivity contribution < 1.29 is 14.3 Å². The molecular formula is C13H22N2O3. The average molecular weight is 254 g/mol. The standard InChI is InChI=1S/C13H22N2O3/c1-2-18-13(17)9-15(10-5-6-10)11-4-3-7-14-12(16)8-11/h10-11H,2-9H2,1H3,(H,14,16). The minimum Gasteiger partial charge on any atom is -0.465 e. The molecular weight excluding hydrogens is 232 g/mol. The van der Waals surface area contributed by atoms with Gasteiger partial charge < -0.3 is 10.1 Å². The Balaban J connectivity index is 1.95. The van der Waals surface area contributed by atoms with Crippen LogP contribution in [0.1, 0.15) is 39.0 Å². The Kier molecular flexibility index (Phi) is 4.58. The van der Waals surface area contributed by atoms with Gasteiger partial charge in [-0.15, -0.1) is 0 Å². The van der Waals surface area contributed by atoms with Crippen LogP contribution in [0.5, 0.6) is 0 Å². The lowest BCUT2D eigenvalue weighted by Crippen LogP contribution is -2.42. The number of rotatable bonds is 5. The summed E-state index contributed by atoms with van der Waals surface area (Å²) in [5, 5.41) is 2.89. The van der Waals surface area contributed by atoms with Crippen molar-refractivity contribution in [2.24, 2.45) is 0 Å². The average Bonchev–Trinajstić information content (AvgIpc) is 3.13. The number of carbonyl (C=O) groups excluding carboxylic acids is 2. The summed E-state index contributed by atoms with van der Waals surface area (Å²) in [5.41, 5.74) is 0. The molecule has 5 heteroatoms. The summed E-state index contributed by atoms with van der Waals surface area (Å²) in [6.45, 7) is 3.32. The molecule has 102 valence electrons. The van der Waals surface area contributed by atoms with E-state index in [9.17, 15) is 9.59 Å². The maximum Gasteiger partial charge on any atom is 0.320 e. The molecule has 1 heterocycles. The zero-order valence-corrected chi connectivity index (χ0v) is 11.0. The zero-order chi connectivity index (χ0) is 13.0. The summed E-state index contributed by atoms with van der Waals surface area (Å²) in [5.74, 6) is -0.0685. The minimum absolute atomic E-state index is 0.104. The Hall–Kier alpha value is -1.10. The van der Waals surface area contributed by atoms with Gasteiger partial charge in [-0.05, 0) is 32.6 Å². The monoisotopic (exact) mass is 254 g/mol. The molecule has 0 bridgehead atoms. The molecule has 1 atom stereocenters. The van der Waals surface area contributed by atoms with Gasteiger partial charge in [0.2, 0.25) is 5.91 Å². The molecule has 5 nitrogen and oxygen atoms in total. The van der Waals surface area contributed by atoms with Gasteiger partial charge in [-0.25, -0.2) is 0 Å². The van der Waals surface area contributed by atoms with E-state index in [4.69, 9.17) is 4.74 Å². The minimum atomic E-state index is -0.172. The predicted molar refractivity (Wildman–Crippen MR) is 67.0 cm³/mol. The lowest BCUT2D eigenvalue weighted by molar-refractivity contribution is -0.145. The molecule has 1 saturated carbocycles. The van der Waals surface area contributed by atoms with E-state index >= 15 is 0 Å². The molecule has 0 aromatic carbocycles. The van der Waals surface area contributed by atoms with Gasteiger partial charge in [0.05, 0.1) is 13.2 Å². The molecule has 1 N–H and O–H groups in total. The van der Waals surface area contributed by atoms with E-state index in [0.717, 1.165) is 32.2 Å². The fourth-order valence-electron chi connectivity index (χ4n) is 2.56. The Morgan fingerprint density at radius 3 is 2.83 bits per heavy atom. The summed E-state index contributed by atoms with van der Waals surface area (Å²) < 4.78 is 5.02. The molecule has 1 amide bonds. The molecule has 2 rings (SSSR count). The van der Waals surface area contributed by atoms with E-state index in [-0.39, 0.29) is 17.9 Å². The number of carbonyl (C=O) groups is 2. The van der Waals surface area contributed by atoms with Crippen LogP contribution >= 0.6 is 0 Å². The van der Waals surface area contributed by atoms with Crippen molar-refractivity contribution in [2.75, 3.05) is 19.7 Å². The molecule has 1 aliphatic heterocycles. The number of ether oxygens (including phenoxy) is 1. The van der Waals surface area contributed by atoms with Crippen molar-refractivity contribution in [2.45, 2.75) is 51.1 Å². The third-order valence-corrected chi connectivity index (χ3v) is 3.56. The highest BCUT2D eigenvalue weighted by atomic mass is 16.5. The summed E-state index contributed by atoms with van der Waals surface area (Å²) in [6.07, 6.45) is 4.75. The second-order valence-corrected chi connectivity index (χ2v) is 5.06. The van der Waals surface area contributed by atoms with Crippen LogP contribution in [0.3, 0.4) is 0 Å². The number of hydrogen-bond acceptors (Lipinski definition) is 4. The molecule has 1 saturated heterocycles. The Labute approximate surface area is 108 Å². The molecule has 1 unspecified atom stereocenters. The summed E-state index contributed by atoms with van der Waals surface area (Å²) in [7, 11) is 0. The van der Waals surface area contributed by atoms with E-state index in [0.29, 0.717) is 25.6 Å². The van der Waals surface area contributed by atoms with Crippen LogP contribution in [0.2, 0.25) is 0 Å². The van der Waals surface area contributed by atoms with Crippen LogP contribution in [-0.4, -0.2) is 48.6 Å². The Morgan fingerprint density at radius 1 is 1.39 bits per heavy atom. The van der Waals surface area contributed by atoms with E-state index < -0.39 is 0 Å². The van der Waals surface area contributed by atoms with Gasteiger partial charge in [0.1, 0.15) is 0 Å². The van der Waals surface area contributed by atoms with E-state index in [1.807, 2.05) is 6.92 Å². The second kappa shape index (κ2) is 6.18. The first-order valence-electron chi connectivity index (χ1n) is 6.88. The molecule has 2 fully saturated rings. The van der Waals surface area contributed by atoms with Crippen LogP contribution < -0.4 is 5.32 Å². The highest BCUT2D eigenvalue weighted by Gasteiger charge is 2.36. The summed E-state index contributed by atoms with van der Waals surface area (Å²) in [4.78, 5) is 25.4. The first kappa shape index (κ1) is 13.3. The maximum absolute atomic E-state index is 11.6. The van der Waals surface area contributed by atoms with Gasteiger partial charge in [-0.2, -0.15) is 0 Å². The lowest BCUT2D eigenvalue weighted by Gasteiger charge is -2.29. The lowest BCUT2D eigenvalue weighted by atomic mass is 10.1. The zero-order valence-electron chi connectivity index (χ0n) is 11.0. The van der Waals surface area contributed by atoms with Gasteiger partial charge >= 0.3 is 5.97 Å². The highest BCUT2D eigenvalue weighted by Crippen LogP contribution is 2.31. The van der Waals surface area contributed by atoms with Gasteiger partial charge in [0.15, 0.2) is 0 Å². The highest BCUT2D eigenvalue weighted by molar-refractivity contribution is 5.77. The number of nitrogens with one attached hydrogen (secondary N) is 1. The molecule has 1 aliphatic carbocycles. The molecule has 0 spiro atoms. The normalized spacial score (nSPS) is 24.6. The SMILES string of the molecule is CCOC(=O)CN(C1CC1)C1CCCNC(=O)C1. The van der Waals surface area contributed by atoms with Crippen molar-refractivity contribution >= 4 is 11.9 Å². The number of esters is 1. The van der Waals surface area contributed by atoms with Crippen molar-refractivity contribution in [3.63, 3.8) is 0 Å². The quantitative estimate of drug-likeness (QED) is 0.733. The van der Waals surface area contributed by atoms with Gasteiger partial charge in [0, 0.05) is 25.0 Å². The van der Waals surface area contributed by atoms with Crippen LogP contribution in [0.15, 0.2) is 0 Å². The fourth-order valence-corrected chi connectivity index (χ4v) is 2.56. The van der Waals surface area contributed by atoms with Crippen LogP contribution in [-0.2, 0) is 14.3 Å². The van der Waals surface area contributed by atoms with Crippen molar-refractivity contribution in [3.8, 4) is 0 Å². The third-order valence-electron chi connectivity index (χ3n) is 3.56. The Bertz CT molecular complexity index is 315. The Morgan fingerprint density at radius 2 is 2.17 bits per heavy atom. The fraction of sp³-hybridized carbons (Fsp3) is 0.846. The van der Waals surface area contributed by atoms with Gasteiger partial charge in [0.25, 0.3) is 0 Å². The maximum atomic E-state index is 11.6. The first-order chi connectivity index (χ1) is 8.70. The van der Waals surface area contributed by atoms with Crippen molar-refractivity contribution in [3.05, 3.63) is 0 Å². The van der Waals surface area contributed by atoms with E-state index in [1.165, 1.54) is 0 Å². The van der Waals surface area contributed by atoms with Crippen molar-refractivity contribution in [1.29, 1.82) is 0 Å². The topological polar surface area (TPSA) is 58.6 Å². The predicted octanol–water partition coefficient (Wildman–Crippen LogP) is 0.683. The largest absolute Gasteiger partial charge is 0.465 e. The molecule has 18 heavy (non-hydrogen) atoms. The van der Waals surface area contributed by atoms with E-state index in [2.05, 4.69) is 10.2 Å². The van der Waals surface area contributed by atoms with Crippen LogP contribution in [0.4, 0.5) is 0 Å². The second-order valence-electron chi connectivity index (χ2n) is 5.06. The number of amides is 1. The van der Waals surface area contributed by atoms with Gasteiger partial charge in [-0.1, -0.05) is 0 Å². The molecule has 0 aromatic rings. The smallest absolute Gasteiger partial charge is 0.320 e. The molecule has 2 aliphatic rings. The van der Waals surface area contributed by atoms with Crippen LogP contribution in [0, 0.1) is 0 Å². The first-order valence-corrected chi connectivity index (χ1v) is 6.88.